The van der Waals surface area contributed by atoms with Gasteiger partial charge in [-0.1, -0.05) is 18.2 Å². The maximum absolute atomic E-state index is 15.3. The van der Waals surface area contributed by atoms with Crippen molar-refractivity contribution in [3.05, 3.63) is 63.6 Å². The average molecular weight is 672 g/mol. The number of benzene rings is 2. The van der Waals surface area contributed by atoms with Crippen molar-refractivity contribution in [1.82, 2.24) is 19.4 Å². The van der Waals surface area contributed by atoms with E-state index in [1.807, 2.05) is 0 Å². The molecule has 0 aliphatic carbocycles. The first kappa shape index (κ1) is 31.7. The minimum atomic E-state index is -4.99. The second-order valence-electron chi connectivity index (χ2n) is 11.7. The lowest BCUT2D eigenvalue weighted by Gasteiger charge is -2.45. The van der Waals surface area contributed by atoms with E-state index in [4.69, 9.17) is 11.6 Å². The molecule has 240 valence electrons. The molecule has 3 aromatic rings. The number of rotatable bonds is 5. The highest BCUT2D eigenvalue weighted by atomic mass is 35.5. The van der Waals surface area contributed by atoms with E-state index in [-0.39, 0.29) is 66.0 Å². The molecule has 2 fully saturated rings. The number of carbonyl (C=O) groups excluding carboxylic acids is 1. The molecular formula is C30H28ClF6N5O2S. The molecular weight excluding hydrogens is 644 g/mol. The molecule has 0 N–H and O–H groups in total. The molecule has 7 nitrogen and oxygen atoms in total. The van der Waals surface area contributed by atoms with Crippen LogP contribution in [0.15, 0.2) is 40.5 Å². The first-order valence-corrected chi connectivity index (χ1v) is 15.6. The standard InChI is InChI=1S/C30H28ClF6N5O2S/c1-4-24(43)41-14(2)8-40(9-15(41)3)28-19-5-20(30(35,36)37)25(18-6-21(31)23(34)7-22(18)33)27-26(19)42(29(44)38-28)17(13-45-27)12-39-10-16(32)11-39/h4-7,14-17H,1,8-13H2,2-3H3/t14-,15+,17?. The van der Waals surface area contributed by atoms with Crippen LogP contribution in [0, 0.1) is 11.6 Å². The Kier molecular flexibility index (Phi) is 8.14. The van der Waals surface area contributed by atoms with E-state index >= 15 is 4.39 Å². The van der Waals surface area contributed by atoms with Crippen LogP contribution in [0.1, 0.15) is 25.5 Å². The largest absolute Gasteiger partial charge is 0.417 e. The molecule has 6 rings (SSSR count). The number of hydrogen-bond donors (Lipinski definition) is 0. The first-order chi connectivity index (χ1) is 21.2. The summed E-state index contributed by atoms with van der Waals surface area (Å²) in [7, 11) is 0. The third-order valence-corrected chi connectivity index (χ3v) is 10.1. The Morgan fingerprint density at radius 2 is 1.78 bits per heavy atom. The highest BCUT2D eigenvalue weighted by molar-refractivity contribution is 7.99. The third-order valence-electron chi connectivity index (χ3n) is 8.54. The predicted molar refractivity (Wildman–Crippen MR) is 161 cm³/mol. The van der Waals surface area contributed by atoms with E-state index in [9.17, 15) is 31.5 Å². The summed E-state index contributed by atoms with van der Waals surface area (Å²) < 4.78 is 88.9. The summed E-state index contributed by atoms with van der Waals surface area (Å²) in [6.07, 6.45) is -4.81. The van der Waals surface area contributed by atoms with Gasteiger partial charge in [-0.3, -0.25) is 14.3 Å². The number of likely N-dealkylation sites (tertiary alicyclic amines) is 1. The highest BCUT2D eigenvalue weighted by Crippen LogP contribution is 2.51. The van der Waals surface area contributed by atoms with Gasteiger partial charge < -0.3 is 9.80 Å². The van der Waals surface area contributed by atoms with E-state index < -0.39 is 69.5 Å². The zero-order valence-corrected chi connectivity index (χ0v) is 25.7. The predicted octanol–water partition coefficient (Wildman–Crippen LogP) is 5.93. The van der Waals surface area contributed by atoms with Crippen LogP contribution in [0.5, 0.6) is 0 Å². The number of carbonyl (C=O) groups is 1. The highest BCUT2D eigenvalue weighted by Gasteiger charge is 2.42. The van der Waals surface area contributed by atoms with Crippen molar-refractivity contribution in [2.75, 3.05) is 43.4 Å². The molecule has 3 aliphatic heterocycles. The smallest absolute Gasteiger partial charge is 0.352 e. The normalized spacial score (nSPS) is 22.6. The topological polar surface area (TPSA) is 61.7 Å². The lowest BCUT2D eigenvalue weighted by atomic mass is 9.95. The fourth-order valence-corrected chi connectivity index (χ4v) is 8.15. The van der Waals surface area contributed by atoms with Crippen molar-refractivity contribution in [1.29, 1.82) is 0 Å². The van der Waals surface area contributed by atoms with Crippen LogP contribution >= 0.6 is 23.4 Å². The second-order valence-corrected chi connectivity index (χ2v) is 13.1. The monoisotopic (exact) mass is 671 g/mol. The van der Waals surface area contributed by atoms with Crippen LogP contribution < -0.4 is 10.6 Å². The Morgan fingerprint density at radius 1 is 1.11 bits per heavy atom. The summed E-state index contributed by atoms with van der Waals surface area (Å²) in [6.45, 7) is 8.01. The summed E-state index contributed by atoms with van der Waals surface area (Å²) in [4.78, 5) is 35.7. The molecule has 0 spiro atoms. The Labute approximate surface area is 263 Å². The van der Waals surface area contributed by atoms with Crippen molar-refractivity contribution < 1.29 is 31.1 Å². The number of amides is 1. The van der Waals surface area contributed by atoms with Crippen molar-refractivity contribution in [2.24, 2.45) is 0 Å². The molecule has 1 unspecified atom stereocenters. The molecule has 2 saturated heterocycles. The lowest BCUT2D eigenvalue weighted by Crippen LogP contribution is -2.59. The van der Waals surface area contributed by atoms with E-state index in [0.717, 1.165) is 23.9 Å². The fourth-order valence-electron chi connectivity index (χ4n) is 6.66. The van der Waals surface area contributed by atoms with Gasteiger partial charge in [0.05, 0.1) is 22.1 Å². The summed E-state index contributed by atoms with van der Waals surface area (Å²) in [6, 6.07) is 0.730. The maximum atomic E-state index is 15.3. The van der Waals surface area contributed by atoms with Gasteiger partial charge in [0.2, 0.25) is 5.91 Å². The molecule has 45 heavy (non-hydrogen) atoms. The summed E-state index contributed by atoms with van der Waals surface area (Å²) in [5.74, 6) is -2.55. The van der Waals surface area contributed by atoms with E-state index in [2.05, 4.69) is 11.6 Å². The zero-order chi connectivity index (χ0) is 32.5. The maximum Gasteiger partial charge on any atom is 0.417 e. The van der Waals surface area contributed by atoms with Gasteiger partial charge in [-0.2, -0.15) is 18.2 Å². The van der Waals surface area contributed by atoms with Gasteiger partial charge in [-0.25, -0.2) is 18.0 Å². The molecule has 15 heteroatoms. The number of aromatic nitrogens is 2. The SMILES string of the molecule is C=CC(=O)N1[C@H](C)CN(c2nc(=O)n3c4c(c(-c5cc(Cl)c(F)cc5F)c(C(F)(F)F)cc24)SCC3CN2CC(F)C2)C[C@@H]1C. The molecule has 0 radical (unpaired) electrons. The molecule has 0 saturated carbocycles. The quantitative estimate of drug-likeness (QED) is 0.191. The molecule has 2 aromatic carbocycles. The van der Waals surface area contributed by atoms with Crippen LogP contribution in [0.3, 0.4) is 0 Å². The van der Waals surface area contributed by atoms with Crippen LogP contribution in [0.2, 0.25) is 5.02 Å². The van der Waals surface area contributed by atoms with Gasteiger partial charge in [0.1, 0.15) is 23.6 Å². The Balaban J connectivity index is 1.62. The van der Waals surface area contributed by atoms with Crippen LogP contribution in [0.25, 0.3) is 22.0 Å². The zero-order valence-electron chi connectivity index (χ0n) is 24.2. The average Bonchev–Trinajstić information content (AvgIpc) is 2.95. The first-order valence-electron chi connectivity index (χ1n) is 14.2. The van der Waals surface area contributed by atoms with Crippen molar-refractivity contribution >= 4 is 46.0 Å². The number of nitrogens with zero attached hydrogens (tertiary/aromatic N) is 5. The van der Waals surface area contributed by atoms with E-state index in [1.165, 1.54) is 10.6 Å². The number of anilines is 1. The number of thioether (sulfide) groups is 1. The Morgan fingerprint density at radius 3 is 2.38 bits per heavy atom. The Bertz CT molecular complexity index is 1770. The molecule has 0 bridgehead atoms. The number of halogens is 7. The van der Waals surface area contributed by atoms with Gasteiger partial charge in [0.15, 0.2) is 0 Å². The molecule has 4 heterocycles. The van der Waals surface area contributed by atoms with Crippen LogP contribution in [-0.2, 0) is 11.0 Å². The lowest BCUT2D eigenvalue weighted by molar-refractivity contribution is -0.137. The van der Waals surface area contributed by atoms with Gasteiger partial charge in [-0.05, 0) is 32.1 Å². The van der Waals surface area contributed by atoms with E-state index in [1.54, 1.807) is 28.5 Å². The number of piperazine rings is 1. The van der Waals surface area contributed by atoms with E-state index in [0.29, 0.717) is 6.07 Å². The van der Waals surface area contributed by atoms with Crippen LogP contribution in [-0.4, -0.2) is 82.0 Å². The fraction of sp³-hybridized carbons (Fsp3) is 0.433. The van der Waals surface area contributed by atoms with Gasteiger partial charge in [-0.15, -0.1) is 11.8 Å². The number of hydrogen-bond acceptors (Lipinski definition) is 6. The van der Waals surface area contributed by atoms with Crippen molar-refractivity contribution in [3.63, 3.8) is 0 Å². The van der Waals surface area contributed by atoms with Crippen LogP contribution in [0.4, 0.5) is 32.2 Å². The van der Waals surface area contributed by atoms with Gasteiger partial charge in [0.25, 0.3) is 0 Å². The van der Waals surface area contributed by atoms with Crippen molar-refractivity contribution in [3.8, 4) is 11.1 Å². The second kappa shape index (κ2) is 11.5. The Hall–Kier alpha value is -3.23. The molecule has 1 amide bonds. The molecule has 1 aromatic heterocycles. The molecule has 3 atom stereocenters. The minimum absolute atomic E-state index is 0.000542. The summed E-state index contributed by atoms with van der Waals surface area (Å²) in [5.41, 5.74) is -2.92. The summed E-state index contributed by atoms with van der Waals surface area (Å²) in [5, 5.41) is -0.548. The summed E-state index contributed by atoms with van der Waals surface area (Å²) >= 11 is 6.94. The van der Waals surface area contributed by atoms with Crippen molar-refractivity contribution in [2.45, 2.75) is 49.2 Å². The third kappa shape index (κ3) is 5.48. The molecule has 3 aliphatic rings. The number of alkyl halides is 4. The van der Waals surface area contributed by atoms with Gasteiger partial charge >= 0.3 is 11.9 Å². The minimum Gasteiger partial charge on any atom is -0.352 e. The van der Waals surface area contributed by atoms with Gasteiger partial charge in [0, 0.05) is 78.0 Å².